The molecule has 176 valence electrons. The average molecular weight is 498 g/mol. The van der Waals surface area contributed by atoms with E-state index in [9.17, 15) is 9.59 Å². The summed E-state index contributed by atoms with van der Waals surface area (Å²) in [5, 5.41) is 0.905. The molecule has 1 atom stereocenters. The van der Waals surface area contributed by atoms with Gasteiger partial charge in [0.2, 0.25) is 5.95 Å². The number of halogens is 2. The Morgan fingerprint density at radius 2 is 1.79 bits per heavy atom. The molecule has 1 aliphatic rings. The Bertz CT molecular complexity index is 1520. The van der Waals surface area contributed by atoms with Gasteiger partial charge in [-0.25, -0.2) is 4.79 Å². The standard InChI is InChI=1S/C25H25Cl2N5O2/c1-4-16-5-9-19(10-6-16)30-12-15(2)13-31-21-22(28-24(30)31)29(3)25(34)32(23(21)33)14-17-7-8-18(26)11-20(17)27/h5-11,15H,4,12-14H2,1-3H3. The van der Waals surface area contributed by atoms with Crippen LogP contribution in [0.2, 0.25) is 10.0 Å². The number of benzene rings is 2. The Balaban J connectivity index is 1.69. The zero-order valence-electron chi connectivity index (χ0n) is 19.3. The summed E-state index contributed by atoms with van der Waals surface area (Å²) in [6, 6.07) is 13.4. The highest BCUT2D eigenvalue weighted by molar-refractivity contribution is 6.35. The van der Waals surface area contributed by atoms with Crippen molar-refractivity contribution in [1.29, 1.82) is 0 Å². The molecule has 0 saturated heterocycles. The van der Waals surface area contributed by atoms with Crippen molar-refractivity contribution < 1.29 is 0 Å². The van der Waals surface area contributed by atoms with Gasteiger partial charge in [0.15, 0.2) is 11.2 Å². The summed E-state index contributed by atoms with van der Waals surface area (Å²) >= 11 is 12.3. The van der Waals surface area contributed by atoms with E-state index < -0.39 is 5.69 Å². The molecule has 4 aromatic rings. The highest BCUT2D eigenvalue weighted by Crippen LogP contribution is 2.33. The Hall–Kier alpha value is -3.03. The van der Waals surface area contributed by atoms with Crippen LogP contribution in [0.1, 0.15) is 25.0 Å². The molecular weight excluding hydrogens is 473 g/mol. The van der Waals surface area contributed by atoms with Crippen molar-refractivity contribution >= 4 is 46.0 Å². The van der Waals surface area contributed by atoms with Gasteiger partial charge in [-0.3, -0.25) is 13.9 Å². The monoisotopic (exact) mass is 497 g/mol. The first kappa shape index (κ1) is 22.7. The van der Waals surface area contributed by atoms with Crippen molar-refractivity contribution in [1.82, 2.24) is 18.7 Å². The quantitative estimate of drug-likeness (QED) is 0.413. The maximum Gasteiger partial charge on any atom is 0.332 e. The van der Waals surface area contributed by atoms with Crippen LogP contribution in [-0.4, -0.2) is 25.2 Å². The number of nitrogens with zero attached hydrogens (tertiary/aromatic N) is 5. The summed E-state index contributed by atoms with van der Waals surface area (Å²) in [6.07, 6.45) is 0.967. The highest BCUT2D eigenvalue weighted by Gasteiger charge is 2.30. The molecule has 1 aliphatic heterocycles. The van der Waals surface area contributed by atoms with Crippen LogP contribution in [-0.2, 0) is 26.6 Å². The minimum Gasteiger partial charge on any atom is -0.312 e. The van der Waals surface area contributed by atoms with E-state index in [1.165, 1.54) is 14.7 Å². The molecule has 0 amide bonds. The SMILES string of the molecule is CCc1ccc(N2CC(C)Cn3c2nc2c3c(=O)n(Cc3ccc(Cl)cc3Cl)c(=O)n2C)cc1. The fourth-order valence-corrected chi connectivity index (χ4v) is 5.06. The second kappa shape index (κ2) is 8.64. The third-order valence-electron chi connectivity index (χ3n) is 6.44. The van der Waals surface area contributed by atoms with Gasteiger partial charge in [-0.05, 0) is 47.7 Å². The third-order valence-corrected chi connectivity index (χ3v) is 7.03. The maximum absolute atomic E-state index is 13.7. The van der Waals surface area contributed by atoms with Gasteiger partial charge in [-0.2, -0.15) is 4.98 Å². The van der Waals surface area contributed by atoms with E-state index in [2.05, 4.69) is 43.0 Å². The van der Waals surface area contributed by atoms with Crippen LogP contribution in [0.15, 0.2) is 52.1 Å². The van der Waals surface area contributed by atoms with E-state index in [4.69, 9.17) is 28.2 Å². The first-order valence-electron chi connectivity index (χ1n) is 11.3. The molecule has 5 rings (SSSR count). The van der Waals surface area contributed by atoms with Gasteiger partial charge in [0.25, 0.3) is 5.56 Å². The number of hydrogen-bond acceptors (Lipinski definition) is 4. The number of anilines is 2. The predicted molar refractivity (Wildman–Crippen MR) is 137 cm³/mol. The van der Waals surface area contributed by atoms with Gasteiger partial charge >= 0.3 is 5.69 Å². The number of aryl methyl sites for hydroxylation is 2. The Morgan fingerprint density at radius 1 is 1.06 bits per heavy atom. The molecule has 3 heterocycles. The zero-order valence-corrected chi connectivity index (χ0v) is 20.8. The van der Waals surface area contributed by atoms with Crippen molar-refractivity contribution in [2.45, 2.75) is 33.4 Å². The van der Waals surface area contributed by atoms with Gasteiger partial charge < -0.3 is 9.47 Å². The summed E-state index contributed by atoms with van der Waals surface area (Å²) in [7, 11) is 1.65. The lowest BCUT2D eigenvalue weighted by Crippen LogP contribution is -2.40. The third kappa shape index (κ3) is 3.73. The number of fused-ring (bicyclic) bond motifs is 3. The molecule has 34 heavy (non-hydrogen) atoms. The molecule has 0 radical (unpaired) electrons. The lowest BCUT2D eigenvalue weighted by atomic mass is 10.1. The fraction of sp³-hybridized carbons (Fsp3) is 0.320. The minimum absolute atomic E-state index is 0.0513. The van der Waals surface area contributed by atoms with Crippen molar-refractivity contribution in [2.24, 2.45) is 13.0 Å². The number of hydrogen-bond donors (Lipinski definition) is 0. The van der Waals surface area contributed by atoms with E-state index in [0.717, 1.165) is 18.7 Å². The lowest BCUT2D eigenvalue weighted by molar-refractivity contribution is 0.458. The van der Waals surface area contributed by atoms with Gasteiger partial charge in [0.1, 0.15) is 0 Å². The predicted octanol–water partition coefficient (Wildman–Crippen LogP) is 4.60. The van der Waals surface area contributed by atoms with Crippen LogP contribution in [0.4, 0.5) is 11.6 Å². The Kier molecular flexibility index (Phi) is 5.78. The molecule has 0 N–H and O–H groups in total. The summed E-state index contributed by atoms with van der Waals surface area (Å²) in [5.41, 5.74) is 2.90. The molecule has 1 unspecified atom stereocenters. The number of rotatable bonds is 4. The topological polar surface area (TPSA) is 65.1 Å². The van der Waals surface area contributed by atoms with E-state index >= 15 is 0 Å². The summed E-state index contributed by atoms with van der Waals surface area (Å²) in [4.78, 5) is 33.7. The summed E-state index contributed by atoms with van der Waals surface area (Å²) in [6.45, 7) is 5.74. The molecule has 9 heteroatoms. The molecule has 0 saturated carbocycles. The van der Waals surface area contributed by atoms with E-state index in [-0.39, 0.29) is 18.0 Å². The smallest absolute Gasteiger partial charge is 0.312 e. The largest absolute Gasteiger partial charge is 0.332 e. The number of imidazole rings is 1. The van der Waals surface area contributed by atoms with Crippen molar-refractivity contribution in [3.63, 3.8) is 0 Å². The summed E-state index contributed by atoms with van der Waals surface area (Å²) < 4.78 is 4.60. The van der Waals surface area contributed by atoms with Crippen LogP contribution >= 0.6 is 23.2 Å². The van der Waals surface area contributed by atoms with Gasteiger partial charge in [0.05, 0.1) is 6.54 Å². The van der Waals surface area contributed by atoms with Gasteiger partial charge in [-0.15, -0.1) is 0 Å². The second-order valence-corrected chi connectivity index (χ2v) is 9.74. The van der Waals surface area contributed by atoms with Crippen LogP contribution in [0.5, 0.6) is 0 Å². The molecule has 7 nitrogen and oxygen atoms in total. The Labute approximate surface area is 206 Å². The molecule has 0 fully saturated rings. The number of aromatic nitrogens is 4. The Morgan fingerprint density at radius 3 is 2.47 bits per heavy atom. The average Bonchev–Trinajstić information content (AvgIpc) is 3.21. The van der Waals surface area contributed by atoms with Gasteiger partial charge in [-0.1, -0.05) is 55.2 Å². The van der Waals surface area contributed by atoms with Gasteiger partial charge in [0, 0.05) is 35.9 Å². The molecule has 0 spiro atoms. The highest BCUT2D eigenvalue weighted by atomic mass is 35.5. The normalized spacial score (nSPS) is 15.7. The maximum atomic E-state index is 13.7. The van der Waals surface area contributed by atoms with Crippen molar-refractivity contribution in [3.8, 4) is 0 Å². The first-order valence-corrected chi connectivity index (χ1v) is 12.0. The lowest BCUT2D eigenvalue weighted by Gasteiger charge is -2.33. The minimum atomic E-state index is -0.439. The van der Waals surface area contributed by atoms with Crippen molar-refractivity contribution in [3.05, 3.63) is 84.5 Å². The summed E-state index contributed by atoms with van der Waals surface area (Å²) in [5.74, 6) is 0.957. The van der Waals surface area contributed by atoms with Crippen LogP contribution in [0, 0.1) is 5.92 Å². The van der Waals surface area contributed by atoms with Crippen LogP contribution in [0.25, 0.3) is 11.2 Å². The molecule has 2 aromatic carbocycles. The van der Waals surface area contributed by atoms with E-state index in [1.54, 1.807) is 25.2 Å². The van der Waals surface area contributed by atoms with Crippen LogP contribution < -0.4 is 16.1 Å². The molecule has 0 bridgehead atoms. The zero-order chi connectivity index (χ0) is 24.1. The van der Waals surface area contributed by atoms with E-state index in [0.29, 0.717) is 39.3 Å². The molecular formula is C25H25Cl2N5O2. The second-order valence-electron chi connectivity index (χ2n) is 8.90. The first-order chi connectivity index (χ1) is 16.3. The van der Waals surface area contributed by atoms with Crippen LogP contribution in [0.3, 0.4) is 0 Å². The molecule has 0 aliphatic carbocycles. The fourth-order valence-electron chi connectivity index (χ4n) is 4.59. The molecule has 2 aromatic heterocycles. The van der Waals surface area contributed by atoms with E-state index in [1.807, 2.05) is 4.57 Å². The van der Waals surface area contributed by atoms with Crippen molar-refractivity contribution in [2.75, 3.05) is 11.4 Å².